The average molecular weight is 204 g/mol. The van der Waals surface area contributed by atoms with E-state index < -0.39 is 0 Å². The van der Waals surface area contributed by atoms with E-state index in [2.05, 4.69) is 22.1 Å². The molecule has 0 spiro atoms. The van der Waals surface area contributed by atoms with E-state index in [1.165, 1.54) is 6.20 Å². The quantitative estimate of drug-likeness (QED) is 0.690. The Hall–Kier alpha value is -1.86. The van der Waals surface area contributed by atoms with E-state index in [4.69, 9.17) is 5.11 Å². The first-order valence-corrected chi connectivity index (χ1v) is 4.56. The number of aromatic nitrogens is 1. The number of rotatable bonds is 3. The first-order valence-electron chi connectivity index (χ1n) is 4.56. The van der Waals surface area contributed by atoms with Crippen LogP contribution in [0.25, 0.3) is 0 Å². The van der Waals surface area contributed by atoms with Gasteiger partial charge < -0.3 is 10.4 Å². The molecule has 1 heterocycles. The summed E-state index contributed by atoms with van der Waals surface area (Å²) >= 11 is 0. The van der Waals surface area contributed by atoms with E-state index in [-0.39, 0.29) is 19.1 Å². The summed E-state index contributed by atoms with van der Waals surface area (Å²) in [6, 6.07) is 3.35. The summed E-state index contributed by atoms with van der Waals surface area (Å²) in [6.45, 7) is 1.87. The highest BCUT2D eigenvalue weighted by Crippen LogP contribution is 1.99. The number of carbonyl (C=O) groups is 1. The van der Waals surface area contributed by atoms with Crippen molar-refractivity contribution >= 4 is 5.91 Å². The van der Waals surface area contributed by atoms with Gasteiger partial charge in [0, 0.05) is 18.3 Å². The summed E-state index contributed by atoms with van der Waals surface area (Å²) in [7, 11) is 0. The highest BCUT2D eigenvalue weighted by atomic mass is 16.3. The Balaban J connectivity index is 2.79. The van der Waals surface area contributed by atoms with Gasteiger partial charge in [-0.1, -0.05) is 5.92 Å². The third-order valence-electron chi connectivity index (χ3n) is 1.66. The van der Waals surface area contributed by atoms with Crippen molar-refractivity contribution < 1.29 is 9.90 Å². The number of aliphatic hydroxyl groups is 1. The van der Waals surface area contributed by atoms with E-state index >= 15 is 0 Å². The van der Waals surface area contributed by atoms with Gasteiger partial charge in [0.05, 0.1) is 6.61 Å². The fraction of sp³-hybridized carbons (Fsp3) is 0.273. The number of amides is 1. The van der Waals surface area contributed by atoms with E-state index in [1.807, 2.05) is 0 Å². The largest absolute Gasteiger partial charge is 0.395 e. The number of carbonyl (C=O) groups excluding carboxylic acids is 1. The van der Waals surface area contributed by atoms with Crippen LogP contribution in [0, 0.1) is 11.8 Å². The third kappa shape index (κ3) is 3.41. The Kier molecular flexibility index (Phi) is 4.32. The topological polar surface area (TPSA) is 62.2 Å². The SMILES string of the molecule is CC#Cc1ccnc(C(=O)NCCO)c1. The van der Waals surface area contributed by atoms with Gasteiger partial charge in [-0.05, 0) is 19.1 Å². The summed E-state index contributed by atoms with van der Waals surface area (Å²) in [5, 5.41) is 11.1. The molecule has 4 nitrogen and oxygen atoms in total. The van der Waals surface area contributed by atoms with Crippen LogP contribution < -0.4 is 5.32 Å². The first kappa shape index (κ1) is 11.2. The zero-order chi connectivity index (χ0) is 11.1. The Bertz CT molecular complexity index is 405. The normalized spacial score (nSPS) is 8.93. The molecule has 1 amide bonds. The number of hydrogen-bond donors (Lipinski definition) is 2. The Morgan fingerprint density at radius 2 is 2.47 bits per heavy atom. The second-order valence-corrected chi connectivity index (χ2v) is 2.78. The van der Waals surface area contributed by atoms with Gasteiger partial charge in [-0.25, -0.2) is 0 Å². The third-order valence-corrected chi connectivity index (χ3v) is 1.66. The van der Waals surface area contributed by atoms with Gasteiger partial charge in [0.2, 0.25) is 0 Å². The lowest BCUT2D eigenvalue weighted by Gasteiger charge is -2.02. The van der Waals surface area contributed by atoms with Crippen LogP contribution in [0.4, 0.5) is 0 Å². The molecule has 0 bridgehead atoms. The highest BCUT2D eigenvalue weighted by molar-refractivity contribution is 5.92. The lowest BCUT2D eigenvalue weighted by molar-refractivity contribution is 0.0940. The molecule has 1 rings (SSSR count). The monoisotopic (exact) mass is 204 g/mol. The van der Waals surface area contributed by atoms with Crippen molar-refractivity contribution in [2.45, 2.75) is 6.92 Å². The van der Waals surface area contributed by atoms with Crippen molar-refractivity contribution in [1.29, 1.82) is 0 Å². The molecular formula is C11H12N2O2. The summed E-state index contributed by atoms with van der Waals surface area (Å²) in [5.41, 5.74) is 1.06. The van der Waals surface area contributed by atoms with Crippen molar-refractivity contribution in [3.63, 3.8) is 0 Å². The molecule has 0 radical (unpaired) electrons. The minimum atomic E-state index is -0.302. The smallest absolute Gasteiger partial charge is 0.269 e. The second-order valence-electron chi connectivity index (χ2n) is 2.78. The molecule has 0 aliphatic carbocycles. The van der Waals surface area contributed by atoms with Crippen molar-refractivity contribution in [3.8, 4) is 11.8 Å². The Labute approximate surface area is 88.3 Å². The molecule has 0 aliphatic heterocycles. The predicted molar refractivity (Wildman–Crippen MR) is 56.2 cm³/mol. The van der Waals surface area contributed by atoms with Crippen LogP contribution >= 0.6 is 0 Å². The lowest BCUT2D eigenvalue weighted by atomic mass is 10.2. The zero-order valence-corrected chi connectivity index (χ0v) is 8.45. The fourth-order valence-corrected chi connectivity index (χ4v) is 1.04. The van der Waals surface area contributed by atoms with E-state index in [9.17, 15) is 4.79 Å². The molecule has 78 valence electrons. The number of pyridine rings is 1. The van der Waals surface area contributed by atoms with Crippen molar-refractivity contribution in [1.82, 2.24) is 10.3 Å². The molecule has 0 fully saturated rings. The molecule has 15 heavy (non-hydrogen) atoms. The lowest BCUT2D eigenvalue weighted by Crippen LogP contribution is -2.27. The van der Waals surface area contributed by atoms with Crippen LogP contribution in [-0.2, 0) is 0 Å². The molecule has 0 aromatic carbocycles. The van der Waals surface area contributed by atoms with Crippen LogP contribution in [0.15, 0.2) is 18.3 Å². The fourth-order valence-electron chi connectivity index (χ4n) is 1.04. The van der Waals surface area contributed by atoms with Crippen LogP contribution in [0.3, 0.4) is 0 Å². The van der Waals surface area contributed by atoms with Gasteiger partial charge in [-0.3, -0.25) is 9.78 Å². The van der Waals surface area contributed by atoms with E-state index in [1.54, 1.807) is 19.1 Å². The van der Waals surface area contributed by atoms with Gasteiger partial charge in [0.25, 0.3) is 5.91 Å². The molecule has 2 N–H and O–H groups in total. The second kappa shape index (κ2) is 5.78. The van der Waals surface area contributed by atoms with Crippen LogP contribution in [0.5, 0.6) is 0 Å². The van der Waals surface area contributed by atoms with Crippen LogP contribution in [0.1, 0.15) is 23.0 Å². The van der Waals surface area contributed by atoms with Gasteiger partial charge >= 0.3 is 0 Å². The highest BCUT2D eigenvalue weighted by Gasteiger charge is 2.05. The average Bonchev–Trinajstić information content (AvgIpc) is 2.27. The molecule has 0 saturated heterocycles. The molecule has 0 unspecified atom stereocenters. The maximum atomic E-state index is 11.4. The molecule has 1 aromatic rings. The summed E-state index contributed by atoms with van der Waals surface area (Å²) in [4.78, 5) is 15.3. The standard InChI is InChI=1S/C11H12N2O2/c1-2-3-9-4-5-12-10(8-9)11(15)13-6-7-14/h4-5,8,14H,6-7H2,1H3,(H,13,15). The summed E-state index contributed by atoms with van der Waals surface area (Å²) in [6.07, 6.45) is 1.54. The maximum Gasteiger partial charge on any atom is 0.269 e. The zero-order valence-electron chi connectivity index (χ0n) is 8.45. The number of nitrogens with zero attached hydrogens (tertiary/aromatic N) is 1. The van der Waals surface area contributed by atoms with Crippen molar-refractivity contribution in [2.75, 3.05) is 13.2 Å². The Morgan fingerprint density at radius 3 is 3.13 bits per heavy atom. The summed E-state index contributed by atoms with van der Waals surface area (Å²) < 4.78 is 0. The summed E-state index contributed by atoms with van der Waals surface area (Å²) in [5.74, 6) is 5.28. The number of aliphatic hydroxyl groups excluding tert-OH is 1. The first-order chi connectivity index (χ1) is 7.27. The van der Waals surface area contributed by atoms with E-state index in [0.717, 1.165) is 5.56 Å². The Morgan fingerprint density at radius 1 is 1.67 bits per heavy atom. The minimum absolute atomic E-state index is 0.0831. The molecule has 0 atom stereocenters. The number of hydrogen-bond acceptors (Lipinski definition) is 3. The maximum absolute atomic E-state index is 11.4. The van der Waals surface area contributed by atoms with Gasteiger partial charge in [-0.2, -0.15) is 0 Å². The predicted octanol–water partition coefficient (Wildman–Crippen LogP) is 0.175. The van der Waals surface area contributed by atoms with Crippen molar-refractivity contribution in [3.05, 3.63) is 29.6 Å². The van der Waals surface area contributed by atoms with Gasteiger partial charge in [0.15, 0.2) is 0 Å². The van der Waals surface area contributed by atoms with Gasteiger partial charge in [-0.15, -0.1) is 5.92 Å². The molecule has 0 saturated carbocycles. The molecule has 4 heteroatoms. The number of nitrogens with one attached hydrogen (secondary N) is 1. The molecule has 1 aromatic heterocycles. The molecular weight excluding hydrogens is 192 g/mol. The minimum Gasteiger partial charge on any atom is -0.395 e. The van der Waals surface area contributed by atoms with Crippen LogP contribution in [-0.4, -0.2) is 29.1 Å². The van der Waals surface area contributed by atoms with E-state index in [0.29, 0.717) is 5.69 Å². The molecule has 0 aliphatic rings. The van der Waals surface area contributed by atoms with Crippen molar-refractivity contribution in [2.24, 2.45) is 0 Å². The van der Waals surface area contributed by atoms with Gasteiger partial charge in [0.1, 0.15) is 5.69 Å². The van der Waals surface area contributed by atoms with Crippen LogP contribution in [0.2, 0.25) is 0 Å².